The van der Waals surface area contributed by atoms with Gasteiger partial charge >= 0.3 is 0 Å². The molecule has 1 aliphatic rings. The Bertz CT molecular complexity index is 760. The van der Waals surface area contributed by atoms with Crippen LogP contribution in [0.25, 0.3) is 11.5 Å². The van der Waals surface area contributed by atoms with Gasteiger partial charge in [0.25, 0.3) is 5.89 Å². The summed E-state index contributed by atoms with van der Waals surface area (Å²) in [6, 6.07) is 1.99. The maximum Gasteiger partial charge on any atom is 0.258 e. The number of hydrogen-bond acceptors (Lipinski definition) is 9. The molecular weight excluding hydrogens is 332 g/mol. The molecule has 0 bridgehead atoms. The van der Waals surface area contributed by atoms with Crippen LogP contribution in [-0.2, 0) is 6.54 Å². The SMILES string of the molecule is Cc1nsc(N2CCN(Cc3noc(-c4ccsc4)n3)CC2)n1. The van der Waals surface area contributed by atoms with E-state index in [9.17, 15) is 0 Å². The lowest BCUT2D eigenvalue weighted by molar-refractivity contribution is 0.240. The number of aryl methyl sites for hydroxylation is 1. The number of hydrogen-bond donors (Lipinski definition) is 0. The van der Waals surface area contributed by atoms with E-state index in [1.54, 1.807) is 11.3 Å². The highest BCUT2D eigenvalue weighted by molar-refractivity contribution is 7.09. The van der Waals surface area contributed by atoms with E-state index in [2.05, 4.69) is 29.3 Å². The van der Waals surface area contributed by atoms with Gasteiger partial charge < -0.3 is 9.42 Å². The van der Waals surface area contributed by atoms with Crippen molar-refractivity contribution in [3.8, 4) is 11.5 Å². The molecule has 4 heterocycles. The highest BCUT2D eigenvalue weighted by Crippen LogP contribution is 2.21. The molecule has 0 aliphatic carbocycles. The summed E-state index contributed by atoms with van der Waals surface area (Å²) in [4.78, 5) is 13.6. The fourth-order valence-electron chi connectivity index (χ4n) is 2.53. The van der Waals surface area contributed by atoms with E-state index in [4.69, 9.17) is 4.52 Å². The van der Waals surface area contributed by atoms with Crippen molar-refractivity contribution in [2.45, 2.75) is 13.5 Å². The maximum atomic E-state index is 5.34. The molecule has 0 N–H and O–H groups in total. The van der Waals surface area contributed by atoms with Gasteiger partial charge in [-0.2, -0.15) is 20.7 Å². The van der Waals surface area contributed by atoms with Crippen LogP contribution in [0.5, 0.6) is 0 Å². The predicted molar refractivity (Wildman–Crippen MR) is 89.7 cm³/mol. The smallest absolute Gasteiger partial charge is 0.258 e. The van der Waals surface area contributed by atoms with Crippen molar-refractivity contribution in [3.63, 3.8) is 0 Å². The lowest BCUT2D eigenvalue weighted by Gasteiger charge is -2.33. The Morgan fingerprint density at radius 1 is 1.22 bits per heavy atom. The minimum atomic E-state index is 0.601. The van der Waals surface area contributed by atoms with Crippen molar-refractivity contribution >= 4 is 28.0 Å². The molecule has 0 atom stereocenters. The van der Waals surface area contributed by atoms with E-state index in [1.807, 2.05) is 23.8 Å². The van der Waals surface area contributed by atoms with Crippen molar-refractivity contribution in [2.75, 3.05) is 31.1 Å². The zero-order valence-corrected chi connectivity index (χ0v) is 14.3. The Labute approximate surface area is 141 Å². The van der Waals surface area contributed by atoms with Gasteiger partial charge in [-0.1, -0.05) is 5.16 Å². The Morgan fingerprint density at radius 3 is 2.78 bits per heavy atom. The van der Waals surface area contributed by atoms with E-state index < -0.39 is 0 Å². The van der Waals surface area contributed by atoms with E-state index in [0.717, 1.165) is 55.1 Å². The summed E-state index contributed by atoms with van der Waals surface area (Å²) >= 11 is 3.10. The second-order valence-corrected chi connectivity index (χ2v) is 6.93. The van der Waals surface area contributed by atoms with E-state index in [-0.39, 0.29) is 0 Å². The third-order valence-corrected chi connectivity index (χ3v) is 5.31. The second kappa shape index (κ2) is 6.34. The molecule has 0 radical (unpaired) electrons. The minimum absolute atomic E-state index is 0.601. The molecule has 9 heteroatoms. The number of thiophene rings is 1. The molecule has 0 amide bonds. The van der Waals surface area contributed by atoms with Crippen LogP contribution in [0.1, 0.15) is 11.6 Å². The highest BCUT2D eigenvalue weighted by Gasteiger charge is 2.21. The lowest BCUT2D eigenvalue weighted by atomic mass is 10.3. The molecule has 7 nitrogen and oxygen atoms in total. The number of rotatable bonds is 4. The zero-order valence-electron chi connectivity index (χ0n) is 12.7. The fourth-order valence-corrected chi connectivity index (χ4v) is 3.89. The van der Waals surface area contributed by atoms with Gasteiger partial charge in [0.1, 0.15) is 5.82 Å². The van der Waals surface area contributed by atoms with Crippen LogP contribution in [0.2, 0.25) is 0 Å². The van der Waals surface area contributed by atoms with Gasteiger partial charge in [-0.25, -0.2) is 4.98 Å². The molecule has 120 valence electrons. The van der Waals surface area contributed by atoms with Crippen LogP contribution in [0.3, 0.4) is 0 Å². The summed E-state index contributed by atoms with van der Waals surface area (Å²) in [6.07, 6.45) is 0. The van der Waals surface area contributed by atoms with E-state index >= 15 is 0 Å². The summed E-state index contributed by atoms with van der Waals surface area (Å²) in [5, 5.41) is 9.13. The predicted octanol–water partition coefficient (Wildman–Crippen LogP) is 2.28. The Morgan fingerprint density at radius 2 is 2.09 bits per heavy atom. The standard InChI is InChI=1S/C14H16N6OS2/c1-10-15-14(23-18-10)20-5-3-19(4-6-20)8-12-16-13(21-17-12)11-2-7-22-9-11/h2,7,9H,3-6,8H2,1H3. The van der Waals surface area contributed by atoms with Crippen LogP contribution >= 0.6 is 22.9 Å². The van der Waals surface area contributed by atoms with Crippen LogP contribution in [0.15, 0.2) is 21.3 Å². The quantitative estimate of drug-likeness (QED) is 0.716. The number of nitrogens with zero attached hydrogens (tertiary/aromatic N) is 6. The molecule has 4 rings (SSSR count). The fraction of sp³-hybridized carbons (Fsp3) is 0.429. The van der Waals surface area contributed by atoms with E-state index in [1.165, 1.54) is 11.5 Å². The largest absolute Gasteiger partial charge is 0.344 e. The molecule has 0 saturated carbocycles. The first kappa shape index (κ1) is 14.7. The van der Waals surface area contributed by atoms with Gasteiger partial charge in [-0.05, 0) is 18.4 Å². The van der Waals surface area contributed by atoms with Crippen LogP contribution in [0, 0.1) is 6.92 Å². The van der Waals surface area contributed by atoms with Crippen LogP contribution in [-0.4, -0.2) is 50.6 Å². The lowest BCUT2D eigenvalue weighted by Crippen LogP contribution is -2.46. The summed E-state index contributed by atoms with van der Waals surface area (Å²) < 4.78 is 9.59. The summed E-state index contributed by atoms with van der Waals surface area (Å²) in [5.41, 5.74) is 0.991. The Hall–Kier alpha value is -1.84. The average Bonchev–Trinajstić information content (AvgIpc) is 3.28. The Balaban J connectivity index is 1.34. The van der Waals surface area contributed by atoms with Crippen LogP contribution in [0.4, 0.5) is 5.13 Å². The summed E-state index contributed by atoms with van der Waals surface area (Å²) in [6.45, 7) is 6.46. The first-order chi connectivity index (χ1) is 11.3. The highest BCUT2D eigenvalue weighted by atomic mass is 32.1. The Kier molecular flexibility index (Phi) is 4.06. The van der Waals surface area contributed by atoms with E-state index in [0.29, 0.717) is 5.89 Å². The van der Waals surface area contributed by atoms with Crippen LogP contribution < -0.4 is 4.90 Å². The van der Waals surface area contributed by atoms with Crippen molar-refractivity contribution < 1.29 is 4.52 Å². The maximum absolute atomic E-state index is 5.34. The third kappa shape index (κ3) is 3.26. The normalized spacial score (nSPS) is 16.1. The molecule has 0 aromatic carbocycles. The second-order valence-electron chi connectivity index (χ2n) is 5.42. The molecule has 3 aromatic rings. The van der Waals surface area contributed by atoms with Crippen molar-refractivity contribution in [1.82, 2.24) is 24.4 Å². The van der Waals surface area contributed by atoms with Gasteiger partial charge in [0.15, 0.2) is 5.82 Å². The van der Waals surface area contributed by atoms with Gasteiger partial charge in [-0.15, -0.1) is 0 Å². The molecule has 1 fully saturated rings. The molecule has 0 unspecified atom stereocenters. The minimum Gasteiger partial charge on any atom is -0.344 e. The summed E-state index contributed by atoms with van der Waals surface area (Å²) in [7, 11) is 0. The van der Waals surface area contributed by atoms with Gasteiger partial charge in [0, 0.05) is 43.1 Å². The monoisotopic (exact) mass is 348 g/mol. The molecule has 3 aromatic heterocycles. The summed E-state index contributed by atoms with van der Waals surface area (Å²) in [5.74, 6) is 2.19. The first-order valence-corrected chi connectivity index (χ1v) is 9.12. The number of piperazine rings is 1. The molecule has 23 heavy (non-hydrogen) atoms. The van der Waals surface area contributed by atoms with Gasteiger partial charge in [-0.3, -0.25) is 4.90 Å². The van der Waals surface area contributed by atoms with Crippen molar-refractivity contribution in [1.29, 1.82) is 0 Å². The van der Waals surface area contributed by atoms with Crippen molar-refractivity contribution in [3.05, 3.63) is 28.5 Å². The third-order valence-electron chi connectivity index (χ3n) is 3.76. The molecular formula is C14H16N6OS2. The molecule has 1 aliphatic heterocycles. The molecule has 0 spiro atoms. The first-order valence-electron chi connectivity index (χ1n) is 7.41. The van der Waals surface area contributed by atoms with Gasteiger partial charge in [0.2, 0.25) is 5.13 Å². The van der Waals surface area contributed by atoms with Crippen molar-refractivity contribution in [2.24, 2.45) is 0 Å². The van der Waals surface area contributed by atoms with Gasteiger partial charge in [0.05, 0.1) is 12.1 Å². The zero-order chi connectivity index (χ0) is 15.6. The number of anilines is 1. The molecule has 1 saturated heterocycles. The topological polar surface area (TPSA) is 71.2 Å². The average molecular weight is 348 g/mol. The number of aromatic nitrogens is 4.